The molecule has 4 rings (SSSR count). The van der Waals surface area contributed by atoms with Crippen LogP contribution in [0.25, 0.3) is 10.9 Å². The second-order valence-corrected chi connectivity index (χ2v) is 7.84. The lowest BCUT2D eigenvalue weighted by atomic mass is 10.1. The van der Waals surface area contributed by atoms with Crippen LogP contribution in [-0.4, -0.2) is 43.9 Å². The summed E-state index contributed by atoms with van der Waals surface area (Å²) in [6, 6.07) is 4.90. The minimum absolute atomic E-state index is 0.334. The van der Waals surface area contributed by atoms with Gasteiger partial charge in [0.25, 0.3) is 11.5 Å². The first-order valence-corrected chi connectivity index (χ1v) is 9.77. The number of hydrogen-bond donors (Lipinski definition) is 3. The Balaban J connectivity index is 1.99. The average molecular weight is 403 g/mol. The molecule has 2 aromatic heterocycles. The monoisotopic (exact) mass is 403 g/mol. The predicted molar refractivity (Wildman–Crippen MR) is 101 cm³/mol. The number of aliphatic carboxylic acids is 1. The maximum Gasteiger partial charge on any atom is 0.322 e. The van der Waals surface area contributed by atoms with E-state index in [4.69, 9.17) is 5.11 Å². The minimum atomic E-state index is -1.24. The van der Waals surface area contributed by atoms with E-state index in [2.05, 4.69) is 10.3 Å². The number of amides is 1. The third-order valence-electron chi connectivity index (χ3n) is 4.28. The number of pyridine rings is 1. The van der Waals surface area contributed by atoms with E-state index in [0.29, 0.717) is 16.7 Å². The van der Waals surface area contributed by atoms with E-state index in [1.54, 1.807) is 35.6 Å². The van der Waals surface area contributed by atoms with E-state index >= 15 is 0 Å². The van der Waals surface area contributed by atoms with Crippen molar-refractivity contribution in [3.8, 4) is 5.75 Å². The highest BCUT2D eigenvalue weighted by Crippen LogP contribution is 2.41. The van der Waals surface area contributed by atoms with E-state index in [1.807, 2.05) is 6.07 Å². The second kappa shape index (κ2) is 6.71. The van der Waals surface area contributed by atoms with Crippen molar-refractivity contribution in [2.75, 3.05) is 12.3 Å². The molecular formula is C17H13N3O5S2. The van der Waals surface area contributed by atoms with Gasteiger partial charge in [-0.05, 0) is 12.1 Å². The molecule has 0 saturated carbocycles. The molecule has 1 aliphatic rings. The number of nitrogens with zero attached hydrogens (tertiary/aromatic N) is 2. The van der Waals surface area contributed by atoms with Gasteiger partial charge in [0, 0.05) is 27.1 Å². The molecule has 3 N–H and O–H groups in total. The normalized spacial score (nSPS) is 15.6. The van der Waals surface area contributed by atoms with Crippen LogP contribution in [0.5, 0.6) is 5.75 Å². The van der Waals surface area contributed by atoms with Gasteiger partial charge in [-0.15, -0.1) is 23.1 Å². The van der Waals surface area contributed by atoms with Crippen molar-refractivity contribution < 1.29 is 19.8 Å². The van der Waals surface area contributed by atoms with Crippen LogP contribution in [0.15, 0.2) is 39.6 Å². The molecular weight excluding hydrogens is 390 g/mol. The summed E-state index contributed by atoms with van der Waals surface area (Å²) in [4.78, 5) is 42.1. The number of rotatable bonds is 4. The van der Waals surface area contributed by atoms with E-state index in [1.165, 1.54) is 15.9 Å². The van der Waals surface area contributed by atoms with Crippen molar-refractivity contribution in [1.82, 2.24) is 14.9 Å². The Labute approximate surface area is 160 Å². The van der Waals surface area contributed by atoms with Crippen molar-refractivity contribution in [2.24, 2.45) is 0 Å². The van der Waals surface area contributed by atoms with Gasteiger partial charge in [0.2, 0.25) is 0 Å². The highest BCUT2D eigenvalue weighted by molar-refractivity contribution is 7.99. The van der Waals surface area contributed by atoms with Crippen LogP contribution in [0.2, 0.25) is 0 Å². The van der Waals surface area contributed by atoms with Crippen LogP contribution >= 0.6 is 23.1 Å². The first kappa shape index (κ1) is 17.6. The molecule has 10 heteroatoms. The van der Waals surface area contributed by atoms with Gasteiger partial charge in [-0.3, -0.25) is 23.9 Å². The van der Waals surface area contributed by atoms with Gasteiger partial charge in [-0.25, -0.2) is 0 Å². The van der Waals surface area contributed by atoms with Crippen molar-refractivity contribution in [2.45, 2.75) is 10.9 Å². The lowest BCUT2D eigenvalue weighted by Crippen LogP contribution is -2.38. The fourth-order valence-electron chi connectivity index (χ4n) is 3.13. The largest absolute Gasteiger partial charge is 0.506 e. The van der Waals surface area contributed by atoms with Gasteiger partial charge in [0.1, 0.15) is 17.9 Å². The number of carboxylic acids is 1. The number of carbonyl (C=O) groups excluding carboxylic acids is 1. The summed E-state index contributed by atoms with van der Waals surface area (Å²) in [6.07, 6.45) is 1.68. The van der Waals surface area contributed by atoms with Gasteiger partial charge in [0.05, 0.1) is 17.1 Å². The molecule has 0 aliphatic carbocycles. The Kier molecular flexibility index (Phi) is 4.36. The van der Waals surface area contributed by atoms with Gasteiger partial charge in [-0.2, -0.15) is 0 Å². The number of aromatic nitrogens is 2. The highest BCUT2D eigenvalue weighted by atomic mass is 32.2. The number of thiazole rings is 1. The zero-order valence-electron chi connectivity index (χ0n) is 13.7. The first-order chi connectivity index (χ1) is 13.0. The zero-order valence-corrected chi connectivity index (χ0v) is 15.3. The number of nitrogens with one attached hydrogen (secondary N) is 1. The van der Waals surface area contributed by atoms with Crippen molar-refractivity contribution in [3.05, 3.63) is 50.7 Å². The Morgan fingerprint density at radius 3 is 2.89 bits per heavy atom. The summed E-state index contributed by atoms with van der Waals surface area (Å²) in [5.41, 5.74) is 1.12. The molecule has 0 fully saturated rings. The van der Waals surface area contributed by atoms with Gasteiger partial charge in [0.15, 0.2) is 0 Å². The fraction of sp³-hybridized carbons (Fsp3) is 0.176. The number of carbonyl (C=O) groups is 2. The van der Waals surface area contributed by atoms with Crippen LogP contribution < -0.4 is 10.9 Å². The van der Waals surface area contributed by atoms with E-state index < -0.39 is 35.3 Å². The number of carboxylic acid groups (broad SMARTS) is 1. The second-order valence-electron chi connectivity index (χ2n) is 5.86. The molecule has 8 nitrogen and oxygen atoms in total. The van der Waals surface area contributed by atoms with Crippen molar-refractivity contribution in [3.63, 3.8) is 0 Å². The van der Waals surface area contributed by atoms with E-state index in [9.17, 15) is 19.5 Å². The SMILES string of the molecule is O=C(O)CNC(=O)c1c(O)c2cccc3c2n(c1=O)C(c1cncs1)CS3. The van der Waals surface area contributed by atoms with E-state index in [-0.39, 0.29) is 6.04 Å². The summed E-state index contributed by atoms with van der Waals surface area (Å²) in [5.74, 6) is -2.03. The lowest BCUT2D eigenvalue weighted by molar-refractivity contribution is -0.135. The van der Waals surface area contributed by atoms with Crippen LogP contribution in [0.1, 0.15) is 21.3 Å². The number of aromatic hydroxyl groups is 1. The van der Waals surface area contributed by atoms with Gasteiger partial charge < -0.3 is 15.5 Å². The Morgan fingerprint density at radius 1 is 1.37 bits per heavy atom. The molecule has 1 unspecified atom stereocenters. The molecule has 138 valence electrons. The summed E-state index contributed by atoms with van der Waals surface area (Å²) >= 11 is 2.97. The van der Waals surface area contributed by atoms with Crippen molar-refractivity contribution >= 4 is 45.9 Å². The maximum absolute atomic E-state index is 13.2. The molecule has 3 heterocycles. The Morgan fingerprint density at radius 2 is 2.19 bits per heavy atom. The zero-order chi connectivity index (χ0) is 19.1. The third-order valence-corrected chi connectivity index (χ3v) is 6.28. The molecule has 0 saturated heterocycles. The molecule has 27 heavy (non-hydrogen) atoms. The van der Waals surface area contributed by atoms with E-state index in [0.717, 1.165) is 9.77 Å². The average Bonchev–Trinajstić information content (AvgIpc) is 3.18. The minimum Gasteiger partial charge on any atom is -0.506 e. The third kappa shape index (κ3) is 2.86. The van der Waals surface area contributed by atoms with Gasteiger partial charge in [-0.1, -0.05) is 6.07 Å². The van der Waals surface area contributed by atoms with Gasteiger partial charge >= 0.3 is 5.97 Å². The molecule has 3 aromatic rings. The summed E-state index contributed by atoms with van der Waals surface area (Å²) < 4.78 is 1.50. The van der Waals surface area contributed by atoms with Crippen LogP contribution in [0.4, 0.5) is 0 Å². The smallest absolute Gasteiger partial charge is 0.322 e. The number of benzene rings is 1. The fourth-order valence-corrected chi connectivity index (χ4v) is 5.13. The predicted octanol–water partition coefficient (Wildman–Crippen LogP) is 1.67. The summed E-state index contributed by atoms with van der Waals surface area (Å²) in [7, 11) is 0. The highest BCUT2D eigenvalue weighted by Gasteiger charge is 2.31. The lowest BCUT2D eigenvalue weighted by Gasteiger charge is -2.27. The molecule has 0 spiro atoms. The quantitative estimate of drug-likeness (QED) is 0.606. The number of para-hydroxylation sites is 1. The molecule has 1 aliphatic heterocycles. The molecule has 1 amide bonds. The molecule has 1 atom stereocenters. The van der Waals surface area contributed by atoms with Crippen LogP contribution in [-0.2, 0) is 4.79 Å². The first-order valence-electron chi connectivity index (χ1n) is 7.90. The molecule has 0 bridgehead atoms. The Bertz CT molecular complexity index is 1120. The number of thioether (sulfide) groups is 1. The number of hydrogen-bond acceptors (Lipinski definition) is 7. The topological polar surface area (TPSA) is 122 Å². The van der Waals surface area contributed by atoms with Crippen LogP contribution in [0, 0.1) is 0 Å². The maximum atomic E-state index is 13.2. The molecule has 1 aromatic carbocycles. The Hall–Kier alpha value is -2.85. The molecule has 0 radical (unpaired) electrons. The summed E-state index contributed by atoms with van der Waals surface area (Å²) in [6.45, 7) is -0.649. The summed E-state index contributed by atoms with van der Waals surface area (Å²) in [5, 5.41) is 21.9. The standard InChI is InChI=1S/C17H13N3O5S2/c21-12(22)5-19-16(24)13-15(23)8-2-1-3-10-14(8)20(17(13)25)9(6-26-10)11-4-18-7-27-11/h1-4,7,9,23H,5-6H2,(H,19,24)(H,21,22). The van der Waals surface area contributed by atoms with Crippen LogP contribution in [0.3, 0.4) is 0 Å². The van der Waals surface area contributed by atoms with Crippen molar-refractivity contribution in [1.29, 1.82) is 0 Å².